The lowest BCUT2D eigenvalue weighted by Crippen LogP contribution is -2.82. The van der Waals surface area contributed by atoms with Crippen LogP contribution in [0.15, 0.2) is 10.8 Å². The molecule has 0 radical (unpaired) electrons. The Labute approximate surface area is 184 Å². The summed E-state index contributed by atoms with van der Waals surface area (Å²) in [5.74, 6) is -10.6. The number of imidazole rings is 1. The molecule has 4 atom stereocenters. The van der Waals surface area contributed by atoms with Crippen LogP contribution >= 0.6 is 15.9 Å². The summed E-state index contributed by atoms with van der Waals surface area (Å²) in [5, 5.41) is 33.8. The molecule has 1 unspecified atom stereocenters. The molecule has 13 heteroatoms. The number of Topliss-reactive ketones (excluding diaryl/α,β-unsaturated/α-hetero) is 3. The van der Waals surface area contributed by atoms with Gasteiger partial charge in [0, 0.05) is 10.2 Å². The summed E-state index contributed by atoms with van der Waals surface area (Å²) in [5.41, 5.74) is -12.6. The van der Waals surface area contributed by atoms with Gasteiger partial charge in [0.2, 0.25) is 11.2 Å². The Bertz CT molecular complexity index is 1220. The third-order valence-corrected chi connectivity index (χ3v) is 5.81. The van der Waals surface area contributed by atoms with Gasteiger partial charge in [-0.3, -0.25) is 19.0 Å². The van der Waals surface area contributed by atoms with Gasteiger partial charge in [0.1, 0.15) is 5.52 Å². The molecule has 1 aromatic carbocycles. The highest BCUT2D eigenvalue weighted by Crippen LogP contribution is 2.49. The second-order valence-electron chi connectivity index (χ2n) is 6.87. The number of nitrogens with zero attached hydrogens (tertiary/aromatic N) is 2. The highest BCUT2D eigenvalue weighted by molar-refractivity contribution is 9.10. The van der Waals surface area contributed by atoms with E-state index in [4.69, 9.17) is 8.85 Å². The number of benzene rings is 1. The van der Waals surface area contributed by atoms with Crippen molar-refractivity contribution in [1.29, 1.82) is 0 Å². The van der Waals surface area contributed by atoms with Crippen molar-refractivity contribution in [3.63, 3.8) is 0 Å². The molecule has 31 heavy (non-hydrogen) atoms. The largest absolute Gasteiger partial charge is 0.376 e. The summed E-state index contributed by atoms with van der Waals surface area (Å²) in [6, 6.07) is 0.463. The standard InChI is InChI=1S/C18H16BrF3N2O7/c1-6(25)16(28)5-31-14(17(29,7(2)26)18(16,30)8(3)27)24-13-10(23-15(24)19)4-9(20)11(21)12(13)22/h4,14,28-30H,5H2,1-3H3/t14?,16-,17-,18+/m0/s1/i1D,2D,3D. The minimum Gasteiger partial charge on any atom is -0.376 e. The van der Waals surface area contributed by atoms with Gasteiger partial charge in [-0.25, -0.2) is 18.2 Å². The van der Waals surface area contributed by atoms with E-state index in [1.165, 1.54) is 0 Å². The van der Waals surface area contributed by atoms with E-state index in [1.807, 2.05) is 0 Å². The van der Waals surface area contributed by atoms with Crippen molar-refractivity contribution in [3.8, 4) is 0 Å². The highest BCUT2D eigenvalue weighted by atomic mass is 79.9. The van der Waals surface area contributed by atoms with Gasteiger partial charge < -0.3 is 20.1 Å². The third-order valence-electron chi connectivity index (χ3n) is 5.25. The number of aromatic nitrogens is 2. The average molecular weight is 512 g/mol. The molecule has 3 rings (SSSR count). The van der Waals surface area contributed by atoms with Crippen molar-refractivity contribution in [3.05, 3.63) is 28.3 Å². The number of fused-ring (bicyclic) bond motifs is 1. The number of ketones is 3. The number of ether oxygens (including phenoxy) is 1. The minimum atomic E-state index is -3.87. The first-order valence-corrected chi connectivity index (χ1v) is 9.04. The zero-order valence-corrected chi connectivity index (χ0v) is 17.0. The maximum Gasteiger partial charge on any atom is 0.207 e. The Morgan fingerprint density at radius 3 is 2.35 bits per heavy atom. The van der Waals surface area contributed by atoms with Crippen molar-refractivity contribution in [2.75, 3.05) is 6.61 Å². The normalized spacial score (nSPS) is 32.4. The SMILES string of the molecule is [2H]CC(=O)[C@@]1(O)[C@@](O)(C(=O)C[2H])COC(n2c(Br)nc3cc(F)c(F)c(F)c32)[C@@]1(O)C(=O)C[2H]. The van der Waals surface area contributed by atoms with Gasteiger partial charge >= 0.3 is 0 Å². The van der Waals surface area contributed by atoms with E-state index in [2.05, 4.69) is 20.9 Å². The molecule has 2 aromatic rings. The molecule has 168 valence electrons. The molecule has 0 saturated carbocycles. The van der Waals surface area contributed by atoms with E-state index in [1.54, 1.807) is 0 Å². The van der Waals surface area contributed by atoms with Crippen LogP contribution in [0.2, 0.25) is 0 Å². The lowest BCUT2D eigenvalue weighted by molar-refractivity contribution is -0.310. The van der Waals surface area contributed by atoms with Crippen LogP contribution in [-0.4, -0.2) is 65.6 Å². The summed E-state index contributed by atoms with van der Waals surface area (Å²) in [7, 11) is 0. The fourth-order valence-corrected chi connectivity index (χ4v) is 4.15. The summed E-state index contributed by atoms with van der Waals surface area (Å²) in [4.78, 5) is 41.7. The second kappa shape index (κ2) is 7.17. The first-order valence-electron chi connectivity index (χ1n) is 10.4. The number of hydrogen-bond acceptors (Lipinski definition) is 8. The fourth-order valence-electron chi connectivity index (χ4n) is 3.59. The Hall–Kier alpha value is -2.19. The quantitative estimate of drug-likeness (QED) is 0.510. The van der Waals surface area contributed by atoms with Crippen molar-refractivity contribution < 1.29 is 51.7 Å². The van der Waals surface area contributed by atoms with E-state index in [0.29, 0.717) is 10.6 Å². The first kappa shape index (κ1) is 19.5. The number of aliphatic hydroxyl groups is 3. The molecule has 0 bridgehead atoms. The lowest BCUT2D eigenvalue weighted by Gasteiger charge is -2.55. The van der Waals surface area contributed by atoms with E-state index >= 15 is 0 Å². The van der Waals surface area contributed by atoms with Gasteiger partial charge in [0.05, 0.1) is 12.1 Å². The van der Waals surface area contributed by atoms with E-state index in [9.17, 15) is 42.9 Å². The first-order chi connectivity index (χ1) is 15.8. The van der Waals surface area contributed by atoms with Crippen molar-refractivity contribution in [2.45, 2.75) is 43.7 Å². The molecule has 1 fully saturated rings. The molecule has 0 aliphatic carbocycles. The summed E-state index contributed by atoms with van der Waals surface area (Å²) < 4.78 is 69.6. The van der Waals surface area contributed by atoms with Crippen LogP contribution in [0.4, 0.5) is 13.2 Å². The van der Waals surface area contributed by atoms with Crippen LogP contribution in [0.5, 0.6) is 0 Å². The van der Waals surface area contributed by atoms with Crippen molar-refractivity contribution >= 4 is 44.3 Å². The Morgan fingerprint density at radius 2 is 1.77 bits per heavy atom. The topological polar surface area (TPSA) is 139 Å². The average Bonchev–Trinajstić information content (AvgIpc) is 3.14. The molecular weight excluding hydrogens is 493 g/mol. The number of halogens is 4. The number of rotatable bonds is 4. The van der Waals surface area contributed by atoms with Gasteiger partial charge in [-0.2, -0.15) is 0 Å². The van der Waals surface area contributed by atoms with Crippen LogP contribution in [0.1, 0.15) is 31.0 Å². The predicted molar refractivity (Wildman–Crippen MR) is 99.2 cm³/mol. The van der Waals surface area contributed by atoms with Crippen LogP contribution in [0, 0.1) is 17.5 Å². The van der Waals surface area contributed by atoms with E-state index in [0.717, 1.165) is 0 Å². The molecule has 1 aliphatic rings. The van der Waals surface area contributed by atoms with E-state index < -0.39 is 101 Å². The molecule has 1 aliphatic heterocycles. The minimum absolute atomic E-state index is 0.424. The molecule has 1 aromatic heterocycles. The van der Waals surface area contributed by atoms with Gasteiger partial charge in [-0.1, -0.05) is 0 Å². The van der Waals surface area contributed by atoms with Gasteiger partial charge in [-0.05, 0) is 36.6 Å². The van der Waals surface area contributed by atoms with Crippen LogP contribution in [0.25, 0.3) is 11.0 Å². The molecule has 3 N–H and O–H groups in total. The van der Waals surface area contributed by atoms with Crippen LogP contribution < -0.4 is 0 Å². The molecule has 0 spiro atoms. The zero-order valence-electron chi connectivity index (χ0n) is 18.4. The van der Waals surface area contributed by atoms with Crippen molar-refractivity contribution in [1.82, 2.24) is 9.55 Å². The van der Waals surface area contributed by atoms with E-state index in [-0.39, 0.29) is 0 Å². The monoisotopic (exact) mass is 511 g/mol. The van der Waals surface area contributed by atoms with Gasteiger partial charge in [0.15, 0.2) is 51.4 Å². The third kappa shape index (κ3) is 2.77. The zero-order chi connectivity index (χ0) is 25.8. The molecule has 0 amide bonds. The fraction of sp³-hybridized carbons (Fsp3) is 0.444. The highest BCUT2D eigenvalue weighted by Gasteiger charge is 2.76. The number of carbonyl (C=O) groups excluding carboxylic acids is 3. The van der Waals surface area contributed by atoms with Crippen LogP contribution in [-0.2, 0) is 19.1 Å². The smallest absolute Gasteiger partial charge is 0.207 e. The maximum atomic E-state index is 14.7. The van der Waals surface area contributed by atoms with Crippen LogP contribution in [0.3, 0.4) is 0 Å². The molecule has 9 nitrogen and oxygen atoms in total. The summed E-state index contributed by atoms with van der Waals surface area (Å²) >= 11 is 2.84. The molecular formula is C18H16BrF3N2O7. The number of hydrogen-bond donors (Lipinski definition) is 3. The Morgan fingerprint density at radius 1 is 1.16 bits per heavy atom. The molecule has 2 heterocycles. The predicted octanol–water partition coefficient (Wildman–Crippen LogP) is 0.705. The molecule has 1 saturated heterocycles. The van der Waals surface area contributed by atoms with Gasteiger partial charge in [-0.15, -0.1) is 0 Å². The second-order valence-corrected chi connectivity index (χ2v) is 7.58. The lowest BCUT2D eigenvalue weighted by atomic mass is 9.63. The Balaban J connectivity index is 2.45. The summed E-state index contributed by atoms with van der Waals surface area (Å²) in [6.07, 6.45) is -2.46. The van der Waals surface area contributed by atoms with Gasteiger partial charge in [0.25, 0.3) is 0 Å². The summed E-state index contributed by atoms with van der Waals surface area (Å²) in [6.45, 7) is -5.40. The maximum absolute atomic E-state index is 14.7. The van der Waals surface area contributed by atoms with Crippen molar-refractivity contribution in [2.24, 2.45) is 0 Å². The Kier molecular flexibility index (Phi) is 4.51. The number of carbonyl (C=O) groups is 3.